The molecule has 7 heteroatoms. The maximum atomic E-state index is 12.3. The quantitative estimate of drug-likeness (QED) is 0.360. The maximum Gasteiger partial charge on any atom is 0.329 e. The van der Waals surface area contributed by atoms with E-state index in [0.717, 1.165) is 14.9 Å². The molecule has 1 heterocycles. The normalized spacial score (nSPS) is 14.8. The van der Waals surface area contributed by atoms with Crippen LogP contribution < -0.4 is 14.8 Å². The van der Waals surface area contributed by atoms with Gasteiger partial charge in [-0.2, -0.15) is 0 Å². The number of carbonyl (C=O) groups excluding carboxylic acids is 2. The van der Waals surface area contributed by atoms with Crippen molar-refractivity contribution in [3.63, 3.8) is 0 Å². The molecule has 1 N–H and O–H groups in total. The van der Waals surface area contributed by atoms with Crippen LogP contribution in [0.1, 0.15) is 18.1 Å². The molecule has 1 fully saturated rings. The minimum atomic E-state index is -0.458. The van der Waals surface area contributed by atoms with Crippen molar-refractivity contribution in [1.82, 2.24) is 10.2 Å². The number of ether oxygens (including phenoxy) is 2. The molecule has 3 amide bonds. The Kier molecular flexibility index (Phi) is 6.72. The number of hydrogen-bond acceptors (Lipinski definition) is 4. The monoisotopic (exact) mass is 456 g/mol. The van der Waals surface area contributed by atoms with Crippen LogP contribution in [0.25, 0.3) is 6.08 Å². The molecule has 6 nitrogen and oxygen atoms in total. The first kappa shape index (κ1) is 20.7. The number of rotatable bonds is 8. The van der Waals surface area contributed by atoms with Gasteiger partial charge in [0.1, 0.15) is 12.3 Å². The van der Waals surface area contributed by atoms with Crippen molar-refractivity contribution < 1.29 is 19.1 Å². The first-order valence-electron chi connectivity index (χ1n) is 9.11. The maximum absolute atomic E-state index is 12.3. The molecular weight excluding hydrogens is 436 g/mol. The van der Waals surface area contributed by atoms with Crippen molar-refractivity contribution in [1.29, 1.82) is 0 Å². The first-order chi connectivity index (χ1) is 14.0. The summed E-state index contributed by atoms with van der Waals surface area (Å²) >= 11 is 3.41. The second-order valence-electron chi connectivity index (χ2n) is 6.25. The zero-order valence-corrected chi connectivity index (χ0v) is 17.6. The Hall–Kier alpha value is -3.06. The topological polar surface area (TPSA) is 67.9 Å². The number of urea groups is 1. The van der Waals surface area contributed by atoms with Crippen LogP contribution in [0.4, 0.5) is 4.79 Å². The Labute approximate surface area is 177 Å². The molecule has 1 saturated heterocycles. The number of nitrogens with one attached hydrogen (secondary N) is 1. The van der Waals surface area contributed by atoms with Crippen molar-refractivity contribution in [2.75, 3.05) is 13.2 Å². The van der Waals surface area contributed by atoms with E-state index in [9.17, 15) is 9.59 Å². The van der Waals surface area contributed by atoms with Gasteiger partial charge >= 0.3 is 6.03 Å². The van der Waals surface area contributed by atoms with Gasteiger partial charge in [-0.25, -0.2) is 4.79 Å². The Morgan fingerprint density at radius 1 is 1.10 bits per heavy atom. The van der Waals surface area contributed by atoms with Gasteiger partial charge < -0.3 is 14.8 Å². The van der Waals surface area contributed by atoms with Gasteiger partial charge in [-0.3, -0.25) is 9.69 Å². The predicted molar refractivity (Wildman–Crippen MR) is 115 cm³/mol. The summed E-state index contributed by atoms with van der Waals surface area (Å²) in [5.41, 5.74) is 1.96. The van der Waals surface area contributed by atoms with Crippen LogP contribution in [-0.4, -0.2) is 30.0 Å². The minimum Gasteiger partial charge on any atom is -0.490 e. The van der Waals surface area contributed by atoms with E-state index in [-0.39, 0.29) is 18.1 Å². The summed E-state index contributed by atoms with van der Waals surface area (Å²) in [5.74, 6) is 0.786. The number of imide groups is 1. The lowest BCUT2D eigenvalue weighted by atomic mass is 10.1. The van der Waals surface area contributed by atoms with E-state index < -0.39 is 6.03 Å². The number of benzene rings is 2. The summed E-state index contributed by atoms with van der Waals surface area (Å²) in [6.07, 6.45) is 3.12. The highest BCUT2D eigenvalue weighted by atomic mass is 79.9. The van der Waals surface area contributed by atoms with Crippen LogP contribution in [0.3, 0.4) is 0 Å². The molecule has 0 saturated carbocycles. The van der Waals surface area contributed by atoms with E-state index in [0.29, 0.717) is 30.3 Å². The number of nitrogens with zero attached hydrogens (tertiary/aromatic N) is 1. The van der Waals surface area contributed by atoms with Crippen LogP contribution in [-0.2, 0) is 11.4 Å². The third-order valence-electron chi connectivity index (χ3n) is 4.16. The molecule has 0 bridgehead atoms. The lowest BCUT2D eigenvalue weighted by molar-refractivity contribution is -0.122. The van der Waals surface area contributed by atoms with E-state index in [4.69, 9.17) is 9.47 Å². The first-order valence-corrected chi connectivity index (χ1v) is 9.90. The standard InChI is InChI=1S/C22H21BrN2O4/c1-3-11-25-21(26)18(24-22(25)27)12-16-7-10-19(20(13-16)28-4-2)29-14-15-5-8-17(23)9-6-15/h3,5-10,12-13H,1,4,11,14H2,2H3,(H,24,27)/b18-12+. The summed E-state index contributed by atoms with van der Waals surface area (Å²) in [5, 5.41) is 2.58. The van der Waals surface area contributed by atoms with Gasteiger partial charge in [-0.1, -0.05) is 40.2 Å². The van der Waals surface area contributed by atoms with Crippen LogP contribution >= 0.6 is 15.9 Å². The summed E-state index contributed by atoms with van der Waals surface area (Å²) < 4.78 is 12.6. The zero-order chi connectivity index (χ0) is 20.8. The molecule has 0 unspecified atom stereocenters. The number of carbonyl (C=O) groups is 2. The Balaban J connectivity index is 1.78. The van der Waals surface area contributed by atoms with Gasteiger partial charge in [-0.15, -0.1) is 6.58 Å². The lowest BCUT2D eigenvalue weighted by Gasteiger charge is -2.13. The molecular formula is C22H21BrN2O4. The molecule has 0 spiro atoms. The second kappa shape index (κ2) is 9.43. The largest absolute Gasteiger partial charge is 0.490 e. The van der Waals surface area contributed by atoms with Gasteiger partial charge in [0.15, 0.2) is 11.5 Å². The van der Waals surface area contributed by atoms with Crippen LogP contribution in [0.5, 0.6) is 11.5 Å². The molecule has 0 atom stereocenters. The number of amides is 3. The fourth-order valence-electron chi connectivity index (χ4n) is 2.78. The molecule has 2 aromatic rings. The van der Waals surface area contributed by atoms with E-state index in [1.807, 2.05) is 37.3 Å². The van der Waals surface area contributed by atoms with Crippen molar-refractivity contribution in [3.05, 3.63) is 76.4 Å². The molecule has 150 valence electrons. The van der Waals surface area contributed by atoms with Gasteiger partial charge in [-0.05, 0) is 48.4 Å². The Morgan fingerprint density at radius 3 is 2.55 bits per heavy atom. The van der Waals surface area contributed by atoms with E-state index in [2.05, 4.69) is 27.8 Å². The van der Waals surface area contributed by atoms with Crippen molar-refractivity contribution in [2.24, 2.45) is 0 Å². The Bertz CT molecular complexity index is 954. The van der Waals surface area contributed by atoms with Crippen LogP contribution in [0, 0.1) is 0 Å². The molecule has 29 heavy (non-hydrogen) atoms. The molecule has 1 aliphatic rings. The van der Waals surface area contributed by atoms with E-state index in [1.165, 1.54) is 6.08 Å². The van der Waals surface area contributed by atoms with Crippen molar-refractivity contribution >= 4 is 33.9 Å². The smallest absolute Gasteiger partial charge is 0.329 e. The molecule has 1 aliphatic heterocycles. The van der Waals surface area contributed by atoms with Gasteiger partial charge in [0.25, 0.3) is 5.91 Å². The minimum absolute atomic E-state index is 0.162. The Morgan fingerprint density at radius 2 is 1.86 bits per heavy atom. The average molecular weight is 457 g/mol. The highest BCUT2D eigenvalue weighted by Crippen LogP contribution is 2.30. The fourth-order valence-corrected chi connectivity index (χ4v) is 3.04. The third kappa shape index (κ3) is 5.06. The second-order valence-corrected chi connectivity index (χ2v) is 7.16. The van der Waals surface area contributed by atoms with Crippen LogP contribution in [0.2, 0.25) is 0 Å². The number of hydrogen-bond donors (Lipinski definition) is 1. The van der Waals surface area contributed by atoms with E-state index in [1.54, 1.807) is 18.2 Å². The van der Waals surface area contributed by atoms with Gasteiger partial charge in [0, 0.05) is 11.0 Å². The summed E-state index contributed by atoms with van der Waals surface area (Å²) in [7, 11) is 0. The zero-order valence-electron chi connectivity index (χ0n) is 16.0. The fraction of sp³-hybridized carbons (Fsp3) is 0.182. The van der Waals surface area contributed by atoms with Gasteiger partial charge in [0.05, 0.1) is 6.61 Å². The highest BCUT2D eigenvalue weighted by molar-refractivity contribution is 9.10. The molecule has 0 aliphatic carbocycles. The summed E-state index contributed by atoms with van der Waals surface area (Å²) in [6, 6.07) is 12.8. The molecule has 2 aromatic carbocycles. The predicted octanol–water partition coefficient (Wildman–Crippen LogP) is 4.51. The SMILES string of the molecule is C=CCN1C(=O)N/C(=C/c2ccc(OCc3ccc(Br)cc3)c(OCC)c2)C1=O. The molecule has 0 radical (unpaired) electrons. The lowest BCUT2D eigenvalue weighted by Crippen LogP contribution is -2.30. The molecule has 3 rings (SSSR count). The summed E-state index contributed by atoms with van der Waals surface area (Å²) in [4.78, 5) is 25.3. The molecule has 0 aromatic heterocycles. The number of halogens is 1. The van der Waals surface area contributed by atoms with Gasteiger partial charge in [0.2, 0.25) is 0 Å². The van der Waals surface area contributed by atoms with Crippen LogP contribution in [0.15, 0.2) is 65.3 Å². The van der Waals surface area contributed by atoms with Crippen molar-refractivity contribution in [3.8, 4) is 11.5 Å². The third-order valence-corrected chi connectivity index (χ3v) is 4.69. The highest BCUT2D eigenvalue weighted by Gasteiger charge is 2.32. The van der Waals surface area contributed by atoms with E-state index >= 15 is 0 Å². The summed E-state index contributed by atoms with van der Waals surface area (Å²) in [6.45, 7) is 6.48. The average Bonchev–Trinajstić information content (AvgIpc) is 2.97. The van der Waals surface area contributed by atoms with Crippen molar-refractivity contribution in [2.45, 2.75) is 13.5 Å².